The van der Waals surface area contributed by atoms with E-state index in [0.717, 1.165) is 38.6 Å². The van der Waals surface area contributed by atoms with Gasteiger partial charge in [0.15, 0.2) is 0 Å². The van der Waals surface area contributed by atoms with Gasteiger partial charge in [-0.1, -0.05) is 25.7 Å². The summed E-state index contributed by atoms with van der Waals surface area (Å²) in [6, 6.07) is 0. The van der Waals surface area contributed by atoms with Crippen LogP contribution in [0.4, 0.5) is 0 Å². The molecule has 0 aromatic rings. The molecular weight excluding hydrogens is 214 g/mol. The number of methoxy groups -OCH3 is 1. The fourth-order valence-electron chi connectivity index (χ4n) is 3.45. The molecule has 3 heteroatoms. The minimum absolute atomic E-state index is 0.112. The van der Waals surface area contributed by atoms with Gasteiger partial charge in [-0.3, -0.25) is 0 Å². The van der Waals surface area contributed by atoms with Gasteiger partial charge in [-0.05, 0) is 31.2 Å². The molecule has 0 bridgehead atoms. The number of aliphatic hydroxyl groups is 1. The SMILES string of the molecule is COCC1CCN(CC(O)CC2CCCC2)C1. The van der Waals surface area contributed by atoms with E-state index in [-0.39, 0.29) is 6.10 Å². The van der Waals surface area contributed by atoms with Crippen LogP contribution in [0.15, 0.2) is 0 Å². The maximum absolute atomic E-state index is 10.1. The van der Waals surface area contributed by atoms with Crippen LogP contribution in [0, 0.1) is 11.8 Å². The van der Waals surface area contributed by atoms with Crippen LogP contribution >= 0.6 is 0 Å². The molecule has 2 aliphatic rings. The molecular formula is C14H27NO2. The van der Waals surface area contributed by atoms with Crippen LogP contribution in [0.3, 0.4) is 0 Å². The Labute approximate surface area is 105 Å². The third-order valence-electron chi connectivity index (χ3n) is 4.32. The molecule has 2 atom stereocenters. The first kappa shape index (κ1) is 13.3. The van der Waals surface area contributed by atoms with Crippen molar-refractivity contribution in [2.45, 2.75) is 44.6 Å². The number of likely N-dealkylation sites (tertiary alicyclic amines) is 1. The van der Waals surface area contributed by atoms with Crippen molar-refractivity contribution in [3.05, 3.63) is 0 Å². The van der Waals surface area contributed by atoms with Crippen molar-refractivity contribution in [1.29, 1.82) is 0 Å². The van der Waals surface area contributed by atoms with Gasteiger partial charge >= 0.3 is 0 Å². The highest BCUT2D eigenvalue weighted by Crippen LogP contribution is 2.29. The van der Waals surface area contributed by atoms with Crippen molar-refractivity contribution >= 4 is 0 Å². The molecule has 2 rings (SSSR count). The molecule has 2 unspecified atom stereocenters. The van der Waals surface area contributed by atoms with Gasteiger partial charge in [0, 0.05) is 20.2 Å². The van der Waals surface area contributed by atoms with Gasteiger partial charge in [0.2, 0.25) is 0 Å². The quantitative estimate of drug-likeness (QED) is 0.771. The first-order chi connectivity index (χ1) is 8.28. The summed E-state index contributed by atoms with van der Waals surface area (Å²) in [5, 5.41) is 10.1. The second kappa shape index (κ2) is 6.72. The van der Waals surface area contributed by atoms with E-state index >= 15 is 0 Å². The fourth-order valence-corrected chi connectivity index (χ4v) is 3.45. The summed E-state index contributed by atoms with van der Waals surface area (Å²) in [4.78, 5) is 2.41. The monoisotopic (exact) mass is 241 g/mol. The predicted octanol–water partition coefficient (Wildman–Crippen LogP) is 1.90. The van der Waals surface area contributed by atoms with E-state index in [4.69, 9.17) is 4.74 Å². The minimum Gasteiger partial charge on any atom is -0.392 e. The molecule has 0 aromatic heterocycles. The van der Waals surface area contributed by atoms with Gasteiger partial charge < -0.3 is 14.7 Å². The van der Waals surface area contributed by atoms with Crippen LogP contribution in [0.2, 0.25) is 0 Å². The van der Waals surface area contributed by atoms with Gasteiger partial charge in [0.05, 0.1) is 12.7 Å². The lowest BCUT2D eigenvalue weighted by Gasteiger charge is -2.22. The van der Waals surface area contributed by atoms with Crippen LogP contribution in [-0.4, -0.2) is 49.5 Å². The first-order valence-electron chi connectivity index (χ1n) is 7.17. The van der Waals surface area contributed by atoms with Crippen molar-refractivity contribution < 1.29 is 9.84 Å². The lowest BCUT2D eigenvalue weighted by molar-refractivity contribution is 0.0953. The Morgan fingerprint density at radius 2 is 2.00 bits per heavy atom. The molecule has 0 spiro atoms. The van der Waals surface area contributed by atoms with Crippen LogP contribution in [0.1, 0.15) is 38.5 Å². The van der Waals surface area contributed by atoms with Gasteiger partial charge in [-0.15, -0.1) is 0 Å². The molecule has 0 amide bonds. The Morgan fingerprint density at radius 3 is 2.71 bits per heavy atom. The predicted molar refractivity (Wildman–Crippen MR) is 69.0 cm³/mol. The average Bonchev–Trinajstić information content (AvgIpc) is 2.91. The zero-order valence-electron chi connectivity index (χ0n) is 11.1. The Hall–Kier alpha value is -0.120. The molecule has 1 aliphatic carbocycles. The number of nitrogens with zero attached hydrogens (tertiary/aromatic N) is 1. The second-order valence-corrected chi connectivity index (χ2v) is 5.91. The summed E-state index contributed by atoms with van der Waals surface area (Å²) in [5.74, 6) is 1.47. The van der Waals surface area contributed by atoms with E-state index in [0.29, 0.717) is 5.92 Å². The second-order valence-electron chi connectivity index (χ2n) is 5.91. The Kier molecular flexibility index (Phi) is 5.26. The number of rotatable bonds is 6. The molecule has 1 aliphatic heterocycles. The number of hydrogen-bond acceptors (Lipinski definition) is 3. The molecule has 1 N–H and O–H groups in total. The molecule has 1 heterocycles. The number of aliphatic hydroxyl groups excluding tert-OH is 1. The minimum atomic E-state index is -0.112. The van der Waals surface area contributed by atoms with Crippen molar-refractivity contribution in [3.63, 3.8) is 0 Å². The average molecular weight is 241 g/mol. The van der Waals surface area contributed by atoms with Gasteiger partial charge in [0.25, 0.3) is 0 Å². The van der Waals surface area contributed by atoms with Crippen molar-refractivity contribution in [3.8, 4) is 0 Å². The largest absolute Gasteiger partial charge is 0.392 e. The highest BCUT2D eigenvalue weighted by molar-refractivity contribution is 4.79. The normalized spacial score (nSPS) is 28.9. The smallest absolute Gasteiger partial charge is 0.0669 e. The van der Waals surface area contributed by atoms with Gasteiger partial charge in [-0.2, -0.15) is 0 Å². The molecule has 3 nitrogen and oxygen atoms in total. The van der Waals surface area contributed by atoms with E-state index < -0.39 is 0 Å². The highest BCUT2D eigenvalue weighted by atomic mass is 16.5. The van der Waals surface area contributed by atoms with Crippen molar-refractivity contribution in [1.82, 2.24) is 4.90 Å². The third kappa shape index (κ3) is 4.23. The Morgan fingerprint density at radius 1 is 1.24 bits per heavy atom. The maximum atomic E-state index is 10.1. The van der Waals surface area contributed by atoms with E-state index in [2.05, 4.69) is 4.90 Å². The molecule has 1 saturated heterocycles. The van der Waals surface area contributed by atoms with Crippen LogP contribution < -0.4 is 0 Å². The standard InChI is InChI=1S/C14H27NO2/c1-17-11-13-6-7-15(9-13)10-14(16)8-12-4-2-3-5-12/h12-14,16H,2-11H2,1H3. The molecule has 17 heavy (non-hydrogen) atoms. The van der Waals surface area contributed by atoms with Crippen LogP contribution in [-0.2, 0) is 4.74 Å². The Balaban J connectivity index is 1.63. The summed E-state index contributed by atoms with van der Waals surface area (Å²) in [6.45, 7) is 3.98. The summed E-state index contributed by atoms with van der Waals surface area (Å²) in [7, 11) is 1.78. The van der Waals surface area contributed by atoms with Gasteiger partial charge in [0.1, 0.15) is 0 Å². The lowest BCUT2D eigenvalue weighted by atomic mass is 10.00. The number of hydrogen-bond donors (Lipinski definition) is 1. The summed E-state index contributed by atoms with van der Waals surface area (Å²) < 4.78 is 5.20. The van der Waals surface area contributed by atoms with Gasteiger partial charge in [-0.25, -0.2) is 0 Å². The first-order valence-corrected chi connectivity index (χ1v) is 7.17. The number of ether oxygens (including phenoxy) is 1. The van der Waals surface area contributed by atoms with E-state index in [1.807, 2.05) is 0 Å². The van der Waals surface area contributed by atoms with Crippen molar-refractivity contribution in [2.75, 3.05) is 33.4 Å². The fraction of sp³-hybridized carbons (Fsp3) is 1.00. The molecule has 1 saturated carbocycles. The zero-order chi connectivity index (χ0) is 12.1. The topological polar surface area (TPSA) is 32.7 Å². The number of β-amino-alcohol motifs (C(OH)–C–C–N with tert-alkyl or cyclic N) is 1. The molecule has 2 fully saturated rings. The summed E-state index contributed by atoms with van der Waals surface area (Å²) >= 11 is 0. The molecule has 0 aromatic carbocycles. The maximum Gasteiger partial charge on any atom is 0.0669 e. The molecule has 0 radical (unpaired) electrons. The van der Waals surface area contributed by atoms with Crippen LogP contribution in [0.25, 0.3) is 0 Å². The Bertz CT molecular complexity index is 216. The third-order valence-corrected chi connectivity index (χ3v) is 4.32. The zero-order valence-corrected chi connectivity index (χ0v) is 11.1. The highest BCUT2D eigenvalue weighted by Gasteiger charge is 2.25. The summed E-state index contributed by atoms with van der Waals surface area (Å²) in [5.41, 5.74) is 0. The van der Waals surface area contributed by atoms with E-state index in [1.54, 1.807) is 7.11 Å². The van der Waals surface area contributed by atoms with E-state index in [9.17, 15) is 5.11 Å². The van der Waals surface area contributed by atoms with Crippen LogP contribution in [0.5, 0.6) is 0 Å². The summed E-state index contributed by atoms with van der Waals surface area (Å²) in [6.07, 6.45) is 7.55. The molecule has 100 valence electrons. The van der Waals surface area contributed by atoms with E-state index in [1.165, 1.54) is 32.1 Å². The lowest BCUT2D eigenvalue weighted by Crippen LogP contribution is -2.32. The van der Waals surface area contributed by atoms with Crippen molar-refractivity contribution in [2.24, 2.45) is 11.8 Å².